The van der Waals surface area contributed by atoms with E-state index in [-0.39, 0.29) is 11.7 Å². The molecule has 0 spiro atoms. The predicted octanol–water partition coefficient (Wildman–Crippen LogP) is 4.71. The minimum atomic E-state index is -0.979. The number of carbonyl (C=O) groups excluding carboxylic acids is 3. The molecule has 3 amide bonds. The Bertz CT molecular complexity index is 895. The van der Waals surface area contributed by atoms with Crippen molar-refractivity contribution >= 4 is 30.5 Å². The van der Waals surface area contributed by atoms with Crippen LogP contribution in [0.2, 0.25) is 0 Å². The first-order valence-corrected chi connectivity index (χ1v) is 12.2. The molecule has 0 fully saturated rings. The van der Waals surface area contributed by atoms with Gasteiger partial charge in [0.15, 0.2) is 0 Å². The van der Waals surface area contributed by atoms with Gasteiger partial charge in [0, 0.05) is 16.8 Å². The molecule has 0 heterocycles. The molecule has 34 heavy (non-hydrogen) atoms. The number of carbonyl (C=O) groups is 3. The highest BCUT2D eigenvalue weighted by Crippen LogP contribution is 2.33. The van der Waals surface area contributed by atoms with Gasteiger partial charge in [-0.05, 0) is 87.3 Å². The first-order valence-electron chi connectivity index (χ1n) is 11.6. The van der Waals surface area contributed by atoms with Crippen LogP contribution in [0.25, 0.3) is 0 Å². The summed E-state index contributed by atoms with van der Waals surface area (Å²) in [7, 11) is 0. The van der Waals surface area contributed by atoms with Crippen molar-refractivity contribution in [3.63, 3.8) is 0 Å². The van der Waals surface area contributed by atoms with E-state index in [0.717, 1.165) is 16.7 Å². The lowest BCUT2D eigenvalue weighted by molar-refractivity contribution is -0.148. The third-order valence-electron chi connectivity index (χ3n) is 4.87. The second-order valence-electron chi connectivity index (χ2n) is 11.8. The Hall–Kier alpha value is -2.22. The summed E-state index contributed by atoms with van der Waals surface area (Å²) in [4.78, 5) is 41.6. The summed E-state index contributed by atoms with van der Waals surface area (Å²) in [6.07, 6.45) is -0.712. The SMILES string of the molecule is Cc1ccc(C)c(C(C(=O)NC(C)(C)C)N(C(=O)C(CS)NC(=O)OC(C)(C)C)C(C)(C)C)c1. The lowest BCUT2D eigenvalue weighted by atomic mass is 9.91. The molecule has 7 nitrogen and oxygen atoms in total. The van der Waals surface area contributed by atoms with Crippen molar-refractivity contribution in [2.75, 3.05) is 5.75 Å². The fourth-order valence-corrected chi connectivity index (χ4v) is 3.79. The quantitative estimate of drug-likeness (QED) is 0.501. The number of alkyl carbamates (subject to hydrolysis) is 1. The molecule has 0 aromatic heterocycles. The molecule has 0 saturated carbocycles. The van der Waals surface area contributed by atoms with Crippen LogP contribution in [0, 0.1) is 13.8 Å². The summed E-state index contributed by atoms with van der Waals surface area (Å²) in [5.41, 5.74) is 0.644. The van der Waals surface area contributed by atoms with E-state index in [0.29, 0.717) is 0 Å². The van der Waals surface area contributed by atoms with Crippen LogP contribution in [0.15, 0.2) is 18.2 Å². The highest BCUT2D eigenvalue weighted by atomic mass is 32.1. The number of benzene rings is 1. The number of rotatable bonds is 6. The van der Waals surface area contributed by atoms with Crippen molar-refractivity contribution in [1.29, 1.82) is 0 Å². The summed E-state index contributed by atoms with van der Waals surface area (Å²) >= 11 is 4.33. The maximum atomic E-state index is 13.9. The molecule has 1 aromatic rings. The maximum absolute atomic E-state index is 13.9. The van der Waals surface area contributed by atoms with Crippen LogP contribution in [0.1, 0.15) is 85.0 Å². The predicted molar refractivity (Wildman–Crippen MR) is 140 cm³/mol. The molecule has 2 N–H and O–H groups in total. The van der Waals surface area contributed by atoms with Gasteiger partial charge in [0.25, 0.3) is 0 Å². The maximum Gasteiger partial charge on any atom is 0.408 e. The number of thiol groups is 1. The standard InChI is InChI=1S/C26H43N3O4S/c1-16-12-13-17(2)18(14-16)20(21(30)28-24(3,4)5)29(25(6,7)8)22(31)19(15-34)27-23(32)33-26(9,10)11/h12-14,19-20,34H,15H2,1-11H3,(H,27,32)(H,28,30). The Kier molecular flexibility index (Phi) is 9.66. The Morgan fingerprint density at radius 3 is 2.00 bits per heavy atom. The van der Waals surface area contributed by atoms with E-state index in [4.69, 9.17) is 4.74 Å². The van der Waals surface area contributed by atoms with Gasteiger partial charge in [0.05, 0.1) is 0 Å². The molecule has 1 rings (SSSR count). The van der Waals surface area contributed by atoms with E-state index >= 15 is 0 Å². The van der Waals surface area contributed by atoms with Gasteiger partial charge in [-0.15, -0.1) is 0 Å². The van der Waals surface area contributed by atoms with Crippen molar-refractivity contribution in [2.45, 2.75) is 105 Å². The van der Waals surface area contributed by atoms with Crippen LogP contribution in [-0.2, 0) is 14.3 Å². The number of ether oxygens (including phenoxy) is 1. The van der Waals surface area contributed by atoms with Gasteiger partial charge in [0.2, 0.25) is 11.8 Å². The average molecular weight is 494 g/mol. The second kappa shape index (κ2) is 11.0. The van der Waals surface area contributed by atoms with Crippen LogP contribution < -0.4 is 10.6 Å². The van der Waals surface area contributed by atoms with Crippen LogP contribution in [0.3, 0.4) is 0 Å². The Labute approximate surface area is 210 Å². The molecule has 0 aliphatic rings. The minimum absolute atomic E-state index is 0.0467. The van der Waals surface area contributed by atoms with Gasteiger partial charge in [-0.2, -0.15) is 12.6 Å². The number of amides is 3. The molecule has 0 aliphatic carbocycles. The van der Waals surface area contributed by atoms with E-state index in [2.05, 4.69) is 23.3 Å². The third-order valence-corrected chi connectivity index (χ3v) is 5.23. The first kappa shape index (κ1) is 29.8. The number of aryl methyl sites for hydroxylation is 2. The van der Waals surface area contributed by atoms with Crippen molar-refractivity contribution in [3.05, 3.63) is 34.9 Å². The monoisotopic (exact) mass is 493 g/mol. The van der Waals surface area contributed by atoms with Gasteiger partial charge in [-0.1, -0.05) is 23.8 Å². The van der Waals surface area contributed by atoms with Gasteiger partial charge in [-0.3, -0.25) is 9.59 Å². The van der Waals surface area contributed by atoms with Crippen molar-refractivity contribution < 1.29 is 19.1 Å². The molecule has 0 radical (unpaired) electrons. The van der Waals surface area contributed by atoms with Crippen LogP contribution >= 0.6 is 12.6 Å². The molecule has 192 valence electrons. The van der Waals surface area contributed by atoms with E-state index in [1.54, 1.807) is 25.7 Å². The molecule has 2 atom stereocenters. The fraction of sp³-hybridized carbons (Fsp3) is 0.654. The summed E-state index contributed by atoms with van der Waals surface area (Å²) in [6, 6.07) is 3.97. The Morgan fingerprint density at radius 1 is 1.00 bits per heavy atom. The summed E-state index contributed by atoms with van der Waals surface area (Å²) in [6.45, 7) is 20.4. The van der Waals surface area contributed by atoms with E-state index in [1.807, 2.05) is 73.6 Å². The van der Waals surface area contributed by atoms with E-state index in [9.17, 15) is 14.4 Å². The largest absolute Gasteiger partial charge is 0.444 e. The summed E-state index contributed by atoms with van der Waals surface area (Å²) < 4.78 is 5.34. The van der Waals surface area contributed by atoms with Crippen molar-refractivity contribution in [2.24, 2.45) is 0 Å². The van der Waals surface area contributed by atoms with E-state index < -0.39 is 40.8 Å². The molecule has 0 bridgehead atoms. The smallest absolute Gasteiger partial charge is 0.408 e. The lowest BCUT2D eigenvalue weighted by Crippen LogP contribution is -2.60. The number of hydrogen-bond donors (Lipinski definition) is 3. The van der Waals surface area contributed by atoms with Crippen molar-refractivity contribution in [1.82, 2.24) is 15.5 Å². The normalized spacial score (nSPS) is 14.1. The van der Waals surface area contributed by atoms with Gasteiger partial charge >= 0.3 is 6.09 Å². The molecule has 2 unspecified atom stereocenters. The minimum Gasteiger partial charge on any atom is -0.444 e. The first-order chi connectivity index (χ1) is 15.3. The Balaban J connectivity index is 3.60. The number of nitrogens with one attached hydrogen (secondary N) is 2. The molecular weight excluding hydrogens is 450 g/mol. The van der Waals surface area contributed by atoms with Gasteiger partial charge in [0.1, 0.15) is 17.7 Å². The highest BCUT2D eigenvalue weighted by Gasteiger charge is 2.42. The molecule has 1 aromatic carbocycles. The zero-order chi connectivity index (χ0) is 26.6. The van der Waals surface area contributed by atoms with Crippen molar-refractivity contribution in [3.8, 4) is 0 Å². The van der Waals surface area contributed by atoms with Crippen LogP contribution in [0.5, 0.6) is 0 Å². The average Bonchev–Trinajstić information content (AvgIpc) is 2.61. The molecule has 8 heteroatoms. The summed E-state index contributed by atoms with van der Waals surface area (Å²) in [5.74, 6) is -0.659. The number of nitrogens with zero attached hydrogens (tertiary/aromatic N) is 1. The van der Waals surface area contributed by atoms with Gasteiger partial charge < -0.3 is 20.3 Å². The third kappa shape index (κ3) is 8.85. The number of hydrogen-bond acceptors (Lipinski definition) is 5. The second-order valence-corrected chi connectivity index (χ2v) is 12.1. The molecule has 0 aliphatic heterocycles. The highest BCUT2D eigenvalue weighted by molar-refractivity contribution is 7.80. The molecular formula is C26H43N3O4S. The zero-order valence-electron chi connectivity index (χ0n) is 22.6. The fourth-order valence-electron chi connectivity index (χ4n) is 3.54. The zero-order valence-corrected chi connectivity index (χ0v) is 23.5. The molecule has 0 saturated heterocycles. The topological polar surface area (TPSA) is 87.7 Å². The Morgan fingerprint density at radius 2 is 1.56 bits per heavy atom. The van der Waals surface area contributed by atoms with Crippen LogP contribution in [0.4, 0.5) is 4.79 Å². The lowest BCUT2D eigenvalue weighted by Gasteiger charge is -2.44. The van der Waals surface area contributed by atoms with Gasteiger partial charge in [-0.25, -0.2) is 4.79 Å². The summed E-state index contributed by atoms with van der Waals surface area (Å²) in [5, 5.41) is 5.67. The van der Waals surface area contributed by atoms with Crippen LogP contribution in [-0.4, -0.2) is 51.3 Å². The van der Waals surface area contributed by atoms with E-state index in [1.165, 1.54) is 0 Å².